The number of terminal acetylenes is 1. The van der Waals surface area contributed by atoms with Crippen LogP contribution in [-0.2, 0) is 0 Å². The number of nitrogens with zero attached hydrogens (tertiary/aromatic N) is 2. The van der Waals surface area contributed by atoms with Crippen LogP contribution in [0.1, 0.15) is 11.3 Å². The van der Waals surface area contributed by atoms with Crippen molar-refractivity contribution in [3.63, 3.8) is 0 Å². The van der Waals surface area contributed by atoms with Crippen molar-refractivity contribution in [2.75, 3.05) is 4.90 Å². The molecular weight excluding hydrogens is 649 g/mol. The molecule has 10 rings (SSSR count). The molecule has 0 aliphatic carbocycles. The van der Waals surface area contributed by atoms with Gasteiger partial charge in [-0.1, -0.05) is 121 Å². The average molecular weight is 681 g/mol. The maximum atomic E-state index is 6.56. The number of furan rings is 2. The second-order valence-corrected chi connectivity index (χ2v) is 13.3. The standard InChI is InChI=1S/C49H32N2O2/c1-3-34(31-48-32(2)36-15-7-12-25-46(36)52-48)50(45-24-14-20-41-40-19-8-13-26-47(40)53-49(41)45)35-29-27-33(28-30-35)37-16-4-9-21-42(37)51-43-22-10-5-17-38(43)39-18-6-11-23-44(39)51/h1,4-31H,2H3/b34-31+. The van der Waals surface area contributed by atoms with Gasteiger partial charge in [-0.3, -0.25) is 4.90 Å². The van der Waals surface area contributed by atoms with Gasteiger partial charge in [-0.25, -0.2) is 0 Å². The zero-order valence-electron chi connectivity index (χ0n) is 29.0. The summed E-state index contributed by atoms with van der Waals surface area (Å²) in [5, 5.41) is 5.61. The Morgan fingerprint density at radius 1 is 0.585 bits per heavy atom. The van der Waals surface area contributed by atoms with Gasteiger partial charge in [0.1, 0.15) is 22.6 Å². The van der Waals surface area contributed by atoms with Crippen molar-refractivity contribution in [1.82, 2.24) is 4.57 Å². The molecule has 0 saturated carbocycles. The summed E-state index contributed by atoms with van der Waals surface area (Å²) in [6.07, 6.45) is 8.37. The summed E-state index contributed by atoms with van der Waals surface area (Å²) >= 11 is 0. The van der Waals surface area contributed by atoms with Gasteiger partial charge >= 0.3 is 0 Å². The van der Waals surface area contributed by atoms with Gasteiger partial charge in [0.25, 0.3) is 0 Å². The van der Waals surface area contributed by atoms with Crippen molar-refractivity contribution in [2.45, 2.75) is 6.92 Å². The lowest BCUT2D eigenvalue weighted by atomic mass is 10.0. The Kier molecular flexibility index (Phi) is 7.06. The van der Waals surface area contributed by atoms with Crippen molar-refractivity contribution in [3.05, 3.63) is 181 Å². The van der Waals surface area contributed by atoms with E-state index in [9.17, 15) is 0 Å². The van der Waals surface area contributed by atoms with E-state index in [1.165, 1.54) is 21.8 Å². The Hall–Kier alpha value is -7.22. The minimum atomic E-state index is 0.624. The molecule has 250 valence electrons. The van der Waals surface area contributed by atoms with Crippen LogP contribution in [0.4, 0.5) is 11.4 Å². The topological polar surface area (TPSA) is 34.5 Å². The van der Waals surface area contributed by atoms with Crippen molar-refractivity contribution in [1.29, 1.82) is 0 Å². The summed E-state index contributed by atoms with van der Waals surface area (Å²) in [5.41, 5.74) is 11.5. The van der Waals surface area contributed by atoms with Gasteiger partial charge in [0.15, 0.2) is 5.58 Å². The van der Waals surface area contributed by atoms with E-state index in [1.54, 1.807) is 0 Å². The van der Waals surface area contributed by atoms with E-state index in [-0.39, 0.29) is 0 Å². The summed E-state index contributed by atoms with van der Waals surface area (Å²) in [7, 11) is 0. The normalized spacial score (nSPS) is 12.0. The van der Waals surface area contributed by atoms with Crippen LogP contribution in [0.15, 0.2) is 178 Å². The molecule has 7 aromatic carbocycles. The monoisotopic (exact) mass is 680 g/mol. The summed E-state index contributed by atoms with van der Waals surface area (Å²) in [5.74, 6) is 3.73. The molecule has 3 aromatic heterocycles. The average Bonchev–Trinajstić information content (AvgIpc) is 3.87. The Balaban J connectivity index is 1.15. The van der Waals surface area contributed by atoms with Gasteiger partial charge in [0.05, 0.1) is 22.4 Å². The third kappa shape index (κ3) is 4.87. The van der Waals surface area contributed by atoms with Crippen molar-refractivity contribution in [3.8, 4) is 29.2 Å². The molecule has 53 heavy (non-hydrogen) atoms. The highest BCUT2D eigenvalue weighted by molar-refractivity contribution is 6.11. The van der Waals surface area contributed by atoms with E-state index >= 15 is 0 Å². The number of aromatic nitrogens is 1. The molecule has 0 bridgehead atoms. The van der Waals surface area contributed by atoms with Crippen molar-refractivity contribution >= 4 is 72.2 Å². The van der Waals surface area contributed by atoms with Gasteiger partial charge in [0.2, 0.25) is 0 Å². The number of benzene rings is 7. The highest BCUT2D eigenvalue weighted by Gasteiger charge is 2.22. The zero-order chi connectivity index (χ0) is 35.5. The predicted molar refractivity (Wildman–Crippen MR) is 220 cm³/mol. The molecule has 0 radical (unpaired) electrons. The van der Waals surface area contributed by atoms with Crippen LogP contribution in [0, 0.1) is 19.3 Å². The Labute approximate surface area is 306 Å². The summed E-state index contributed by atoms with van der Waals surface area (Å²) in [4.78, 5) is 2.10. The molecule has 4 heteroatoms. The van der Waals surface area contributed by atoms with Crippen LogP contribution in [0.25, 0.3) is 77.6 Å². The van der Waals surface area contributed by atoms with Crippen LogP contribution >= 0.6 is 0 Å². The quantitative estimate of drug-likeness (QED) is 0.164. The Bertz CT molecular complexity index is 3040. The molecule has 3 heterocycles. The maximum absolute atomic E-state index is 6.56. The fourth-order valence-electron chi connectivity index (χ4n) is 7.83. The first-order valence-electron chi connectivity index (χ1n) is 17.7. The SMILES string of the molecule is C#C/C(=C\c1oc2ccccc2c1C)N(c1ccc(-c2ccccc2-n2c3ccccc3c3ccccc32)cc1)c1cccc2c1oc1ccccc12. The van der Waals surface area contributed by atoms with Gasteiger partial charge in [-0.15, -0.1) is 6.42 Å². The lowest BCUT2D eigenvalue weighted by molar-refractivity contribution is 0.600. The number of fused-ring (bicyclic) bond motifs is 7. The van der Waals surface area contributed by atoms with E-state index in [2.05, 4.69) is 150 Å². The second kappa shape index (κ2) is 12.2. The summed E-state index contributed by atoms with van der Waals surface area (Å²) < 4.78 is 15.3. The van der Waals surface area contributed by atoms with Crippen LogP contribution in [0.3, 0.4) is 0 Å². The highest BCUT2D eigenvalue weighted by Crippen LogP contribution is 2.42. The number of hydrogen-bond donors (Lipinski definition) is 0. The Morgan fingerprint density at radius 3 is 1.87 bits per heavy atom. The fraction of sp³-hybridized carbons (Fsp3) is 0.0204. The largest absolute Gasteiger partial charge is 0.456 e. The first kappa shape index (κ1) is 30.6. The number of para-hydroxylation sites is 6. The molecule has 0 saturated heterocycles. The van der Waals surface area contributed by atoms with Gasteiger partial charge in [-0.05, 0) is 61.0 Å². The minimum absolute atomic E-state index is 0.624. The predicted octanol–water partition coefficient (Wildman–Crippen LogP) is 13.2. The van der Waals surface area contributed by atoms with Crippen LogP contribution in [0.2, 0.25) is 0 Å². The first-order valence-corrected chi connectivity index (χ1v) is 17.7. The van der Waals surface area contributed by atoms with E-state index in [0.717, 1.165) is 72.4 Å². The molecule has 0 N–H and O–H groups in total. The van der Waals surface area contributed by atoms with Crippen LogP contribution < -0.4 is 4.90 Å². The van der Waals surface area contributed by atoms with Crippen molar-refractivity contribution in [2.24, 2.45) is 0 Å². The fourth-order valence-corrected chi connectivity index (χ4v) is 7.83. The molecule has 0 amide bonds. The van der Waals surface area contributed by atoms with Crippen molar-refractivity contribution < 1.29 is 8.83 Å². The second-order valence-electron chi connectivity index (χ2n) is 13.3. The van der Waals surface area contributed by atoms with E-state index in [1.807, 2.05) is 42.5 Å². The molecule has 0 unspecified atom stereocenters. The van der Waals surface area contributed by atoms with E-state index in [0.29, 0.717) is 5.70 Å². The molecular formula is C49H32N2O2. The number of aryl methyl sites for hydroxylation is 1. The molecule has 10 aromatic rings. The number of hydrogen-bond acceptors (Lipinski definition) is 3. The molecule has 0 aliphatic rings. The Morgan fingerprint density at radius 2 is 1.17 bits per heavy atom. The van der Waals surface area contributed by atoms with Crippen LogP contribution in [0.5, 0.6) is 0 Å². The highest BCUT2D eigenvalue weighted by atomic mass is 16.3. The van der Waals surface area contributed by atoms with Crippen LogP contribution in [-0.4, -0.2) is 4.57 Å². The maximum Gasteiger partial charge on any atom is 0.159 e. The third-order valence-electron chi connectivity index (χ3n) is 10.3. The zero-order valence-corrected chi connectivity index (χ0v) is 29.0. The van der Waals surface area contributed by atoms with E-state index in [4.69, 9.17) is 15.3 Å². The smallest absolute Gasteiger partial charge is 0.159 e. The van der Waals surface area contributed by atoms with Gasteiger partial charge in [-0.2, -0.15) is 0 Å². The molecule has 0 atom stereocenters. The minimum Gasteiger partial charge on any atom is -0.456 e. The first-order chi connectivity index (χ1) is 26.2. The molecule has 0 fully saturated rings. The number of anilines is 2. The lowest BCUT2D eigenvalue weighted by Gasteiger charge is -2.25. The van der Waals surface area contributed by atoms with Gasteiger partial charge < -0.3 is 13.4 Å². The van der Waals surface area contributed by atoms with E-state index < -0.39 is 0 Å². The van der Waals surface area contributed by atoms with Gasteiger partial charge in [0, 0.05) is 49.8 Å². The molecule has 4 nitrogen and oxygen atoms in total. The lowest BCUT2D eigenvalue weighted by Crippen LogP contribution is -2.15. The third-order valence-corrected chi connectivity index (χ3v) is 10.3. The molecule has 0 spiro atoms. The summed E-state index contributed by atoms with van der Waals surface area (Å²) in [6, 6.07) is 56.9. The number of allylic oxidation sites excluding steroid dienone is 1. The summed E-state index contributed by atoms with van der Waals surface area (Å²) in [6.45, 7) is 2.07. The number of rotatable bonds is 6. The molecule has 0 aliphatic heterocycles.